The number of fused-ring (bicyclic) bond motifs is 6. The van der Waals surface area contributed by atoms with Crippen molar-refractivity contribution in [3.8, 4) is 28.6 Å². The van der Waals surface area contributed by atoms with Crippen LogP contribution < -0.4 is 0 Å². The van der Waals surface area contributed by atoms with Crippen molar-refractivity contribution in [2.75, 3.05) is 0 Å². The third kappa shape index (κ3) is 3.40. The monoisotopic (exact) mass is 534 g/mol. The van der Waals surface area contributed by atoms with E-state index in [9.17, 15) is 5.26 Å². The highest BCUT2D eigenvalue weighted by Gasteiger charge is 2.20. The minimum Gasteiger partial charge on any atom is -0.318 e. The third-order valence-corrected chi connectivity index (χ3v) is 8.14. The Balaban J connectivity index is 1.47. The van der Waals surface area contributed by atoms with Crippen LogP contribution in [0.2, 0.25) is 0 Å². The summed E-state index contributed by atoms with van der Waals surface area (Å²) in [6, 6.07) is 47.7. The molecule has 0 aliphatic carbocycles. The zero-order chi connectivity index (χ0) is 28.2. The third-order valence-electron chi connectivity index (χ3n) is 8.14. The number of rotatable bonds is 3. The van der Waals surface area contributed by atoms with Gasteiger partial charge in [-0.25, -0.2) is 4.85 Å². The van der Waals surface area contributed by atoms with Crippen molar-refractivity contribution in [1.29, 1.82) is 5.26 Å². The van der Waals surface area contributed by atoms with Crippen LogP contribution in [0, 0.1) is 17.9 Å². The fourth-order valence-corrected chi connectivity index (χ4v) is 6.41. The van der Waals surface area contributed by atoms with Gasteiger partial charge < -0.3 is 9.13 Å². The molecule has 0 amide bonds. The van der Waals surface area contributed by atoms with Gasteiger partial charge in [-0.3, -0.25) is 0 Å². The largest absolute Gasteiger partial charge is 0.318 e. The fraction of sp³-hybridized carbons (Fsp3) is 0. The van der Waals surface area contributed by atoms with Crippen LogP contribution in [0.15, 0.2) is 133 Å². The summed E-state index contributed by atoms with van der Waals surface area (Å²) >= 11 is 0. The molecule has 8 rings (SSSR count). The lowest BCUT2D eigenvalue weighted by Crippen LogP contribution is -2.00. The summed E-state index contributed by atoms with van der Waals surface area (Å²) < 4.78 is 4.43. The first-order valence-corrected chi connectivity index (χ1v) is 13.8. The second-order valence-electron chi connectivity index (χ2n) is 10.4. The van der Waals surface area contributed by atoms with Crippen LogP contribution >= 0.6 is 0 Å². The van der Waals surface area contributed by atoms with Crippen molar-refractivity contribution in [3.63, 3.8) is 0 Å². The highest BCUT2D eigenvalue weighted by Crippen LogP contribution is 2.42. The molecule has 0 atom stereocenters. The Morgan fingerprint density at radius 1 is 0.548 bits per heavy atom. The molecular formula is C38H22N4. The van der Waals surface area contributed by atoms with Gasteiger partial charge in [-0.15, -0.1) is 0 Å². The minimum atomic E-state index is 0.555. The van der Waals surface area contributed by atoms with Gasteiger partial charge >= 0.3 is 0 Å². The lowest BCUT2D eigenvalue weighted by atomic mass is 9.99. The second-order valence-corrected chi connectivity index (χ2v) is 10.4. The van der Waals surface area contributed by atoms with E-state index in [1.165, 1.54) is 0 Å². The van der Waals surface area contributed by atoms with E-state index in [0.717, 1.165) is 66.1 Å². The molecule has 0 unspecified atom stereocenters. The molecular weight excluding hydrogens is 512 g/mol. The SMILES string of the molecule is [C-]#[N+]c1cccc(-c2cc(C#N)cc(-n3c4ccccc4c4ccccc43)c2)c1-n1c2ccccc2c2ccccc21. The van der Waals surface area contributed by atoms with E-state index >= 15 is 0 Å². The first-order chi connectivity index (χ1) is 20.8. The molecule has 0 N–H and O–H groups in total. The van der Waals surface area contributed by atoms with E-state index in [4.69, 9.17) is 6.57 Å². The number of nitriles is 1. The van der Waals surface area contributed by atoms with Gasteiger partial charge in [-0.1, -0.05) is 91.0 Å². The number of benzene rings is 6. The van der Waals surface area contributed by atoms with Crippen molar-refractivity contribution >= 4 is 49.3 Å². The molecule has 194 valence electrons. The molecule has 0 spiro atoms. The molecule has 0 saturated carbocycles. The summed E-state index contributed by atoms with van der Waals surface area (Å²) in [5.41, 5.74) is 8.85. The van der Waals surface area contributed by atoms with Crippen LogP contribution in [0.1, 0.15) is 5.56 Å². The lowest BCUT2D eigenvalue weighted by molar-refractivity contribution is 1.17. The van der Waals surface area contributed by atoms with Crippen LogP contribution in [0.25, 0.3) is 71.0 Å². The number of aromatic nitrogens is 2. The van der Waals surface area contributed by atoms with Crippen molar-refractivity contribution in [3.05, 3.63) is 150 Å². The van der Waals surface area contributed by atoms with Crippen LogP contribution in [-0.2, 0) is 0 Å². The van der Waals surface area contributed by atoms with E-state index in [1.54, 1.807) is 0 Å². The molecule has 0 saturated heterocycles. The summed E-state index contributed by atoms with van der Waals surface area (Å²) in [7, 11) is 0. The predicted octanol–water partition coefficient (Wildman–Crippen LogP) is 9.97. The fourth-order valence-electron chi connectivity index (χ4n) is 6.41. The molecule has 2 heterocycles. The number of hydrogen-bond donors (Lipinski definition) is 0. The van der Waals surface area contributed by atoms with E-state index < -0.39 is 0 Å². The maximum Gasteiger partial charge on any atom is 0.211 e. The Hall–Kier alpha value is -6.10. The van der Waals surface area contributed by atoms with E-state index in [2.05, 4.69) is 105 Å². The topological polar surface area (TPSA) is 38.0 Å². The average Bonchev–Trinajstić information content (AvgIpc) is 3.57. The normalized spacial score (nSPS) is 11.3. The Kier molecular flexibility index (Phi) is 5.22. The molecule has 0 aliphatic heterocycles. The molecule has 0 radical (unpaired) electrons. The quantitative estimate of drug-likeness (QED) is 0.208. The summed E-state index contributed by atoms with van der Waals surface area (Å²) in [6.45, 7) is 8.13. The van der Waals surface area contributed by atoms with Crippen LogP contribution in [0.5, 0.6) is 0 Å². The van der Waals surface area contributed by atoms with E-state index in [-0.39, 0.29) is 0 Å². The molecule has 4 nitrogen and oxygen atoms in total. The summed E-state index contributed by atoms with van der Waals surface area (Å²) in [5, 5.41) is 14.8. The van der Waals surface area contributed by atoms with Gasteiger partial charge in [0.1, 0.15) is 0 Å². The van der Waals surface area contributed by atoms with E-state index in [0.29, 0.717) is 11.3 Å². The summed E-state index contributed by atoms with van der Waals surface area (Å²) in [4.78, 5) is 3.98. The highest BCUT2D eigenvalue weighted by atomic mass is 15.0. The zero-order valence-corrected chi connectivity index (χ0v) is 22.5. The smallest absolute Gasteiger partial charge is 0.211 e. The van der Waals surface area contributed by atoms with E-state index in [1.807, 2.05) is 48.5 Å². The number of para-hydroxylation sites is 5. The van der Waals surface area contributed by atoms with Crippen LogP contribution in [0.3, 0.4) is 0 Å². The number of hydrogen-bond acceptors (Lipinski definition) is 1. The summed E-state index contributed by atoms with van der Waals surface area (Å²) in [5.74, 6) is 0. The number of nitrogens with zero attached hydrogens (tertiary/aromatic N) is 4. The molecule has 2 aromatic heterocycles. The predicted molar refractivity (Wildman–Crippen MR) is 172 cm³/mol. The first-order valence-electron chi connectivity index (χ1n) is 13.8. The Morgan fingerprint density at radius 2 is 1.05 bits per heavy atom. The Bertz CT molecular complexity index is 2340. The molecule has 0 aliphatic rings. The van der Waals surface area contributed by atoms with Gasteiger partial charge in [0.15, 0.2) is 0 Å². The van der Waals surface area contributed by atoms with Crippen molar-refractivity contribution < 1.29 is 0 Å². The van der Waals surface area contributed by atoms with Gasteiger partial charge in [0.2, 0.25) is 5.69 Å². The second kappa shape index (κ2) is 9.24. The molecule has 0 bridgehead atoms. The van der Waals surface area contributed by atoms with Gasteiger partial charge in [-0.05, 0) is 53.6 Å². The highest BCUT2D eigenvalue weighted by molar-refractivity contribution is 6.11. The van der Waals surface area contributed by atoms with Gasteiger partial charge in [0.05, 0.1) is 46.0 Å². The molecule has 0 fully saturated rings. The van der Waals surface area contributed by atoms with Gasteiger partial charge in [0, 0.05) is 27.2 Å². The molecule has 42 heavy (non-hydrogen) atoms. The Labute approximate surface area is 242 Å². The maximum absolute atomic E-state index is 10.2. The zero-order valence-electron chi connectivity index (χ0n) is 22.5. The standard InChI is InChI=1S/C38H22N4/c1-40-33-16-10-15-28(38(33)42-36-19-8-4-13-31(36)32-14-5-9-20-37(32)42)26-21-25(24-39)22-27(23-26)41-34-17-6-2-11-29(34)30-12-3-7-18-35(30)41/h2-23H. The molecule has 4 heteroatoms. The van der Waals surface area contributed by atoms with Crippen molar-refractivity contribution in [1.82, 2.24) is 9.13 Å². The maximum atomic E-state index is 10.2. The van der Waals surface area contributed by atoms with Crippen LogP contribution in [-0.4, -0.2) is 9.13 Å². The van der Waals surface area contributed by atoms with Crippen LogP contribution in [0.4, 0.5) is 5.69 Å². The van der Waals surface area contributed by atoms with Crippen molar-refractivity contribution in [2.24, 2.45) is 0 Å². The Morgan fingerprint density at radius 3 is 1.55 bits per heavy atom. The molecule has 8 aromatic rings. The molecule has 6 aromatic carbocycles. The summed E-state index contributed by atoms with van der Waals surface area (Å²) in [6.07, 6.45) is 0. The van der Waals surface area contributed by atoms with Gasteiger partial charge in [0.25, 0.3) is 0 Å². The van der Waals surface area contributed by atoms with Crippen molar-refractivity contribution in [2.45, 2.75) is 0 Å². The van der Waals surface area contributed by atoms with Gasteiger partial charge in [-0.2, -0.15) is 5.26 Å². The minimum absolute atomic E-state index is 0.555. The lowest BCUT2D eigenvalue weighted by Gasteiger charge is -2.17. The first kappa shape index (κ1) is 23.8. The average molecular weight is 535 g/mol.